The summed E-state index contributed by atoms with van der Waals surface area (Å²) in [4.78, 5) is 24.6. The van der Waals surface area contributed by atoms with Crippen molar-refractivity contribution >= 4 is 11.8 Å². The van der Waals surface area contributed by atoms with E-state index in [4.69, 9.17) is 0 Å². The average Bonchev–Trinajstić information content (AvgIpc) is 2.40. The first-order valence-corrected chi connectivity index (χ1v) is 6.62. The first-order chi connectivity index (χ1) is 8.99. The number of nitrogens with one attached hydrogen (secondary N) is 1. The second-order valence-electron chi connectivity index (χ2n) is 5.18. The SMILES string of the molecule is Cc1ccc(C(C)NC2CCC(=O)N(C)C2=O)cc1. The second-order valence-corrected chi connectivity index (χ2v) is 5.18. The summed E-state index contributed by atoms with van der Waals surface area (Å²) in [7, 11) is 1.55. The number of imide groups is 1. The topological polar surface area (TPSA) is 49.4 Å². The Balaban J connectivity index is 2.02. The number of benzene rings is 1. The molecule has 0 aromatic heterocycles. The Bertz CT molecular complexity index is 481. The molecule has 1 aromatic carbocycles. The largest absolute Gasteiger partial charge is 0.299 e. The molecule has 2 atom stereocenters. The summed E-state index contributed by atoms with van der Waals surface area (Å²) in [5.74, 6) is -0.221. The van der Waals surface area contributed by atoms with Crippen LogP contribution in [0.15, 0.2) is 24.3 Å². The van der Waals surface area contributed by atoms with E-state index in [1.165, 1.54) is 10.5 Å². The van der Waals surface area contributed by atoms with Gasteiger partial charge in [0.25, 0.3) is 0 Å². The molecule has 4 nitrogen and oxygen atoms in total. The van der Waals surface area contributed by atoms with Gasteiger partial charge in [-0.3, -0.25) is 19.8 Å². The molecule has 2 rings (SSSR count). The van der Waals surface area contributed by atoms with Crippen molar-refractivity contribution in [3.05, 3.63) is 35.4 Å². The summed E-state index contributed by atoms with van der Waals surface area (Å²) >= 11 is 0. The van der Waals surface area contributed by atoms with E-state index in [-0.39, 0.29) is 23.9 Å². The molecular weight excluding hydrogens is 240 g/mol. The van der Waals surface area contributed by atoms with Crippen LogP contribution in [0.1, 0.15) is 36.9 Å². The van der Waals surface area contributed by atoms with Crippen LogP contribution in [0.25, 0.3) is 0 Å². The van der Waals surface area contributed by atoms with Gasteiger partial charge in [-0.15, -0.1) is 0 Å². The molecule has 0 aliphatic carbocycles. The van der Waals surface area contributed by atoms with Gasteiger partial charge in [0.15, 0.2) is 0 Å². The van der Waals surface area contributed by atoms with Gasteiger partial charge in [0, 0.05) is 19.5 Å². The van der Waals surface area contributed by atoms with Crippen molar-refractivity contribution in [3.8, 4) is 0 Å². The summed E-state index contributed by atoms with van der Waals surface area (Å²) in [6.45, 7) is 4.08. The van der Waals surface area contributed by atoms with Gasteiger partial charge in [-0.05, 0) is 25.8 Å². The van der Waals surface area contributed by atoms with Gasteiger partial charge in [-0.2, -0.15) is 0 Å². The molecule has 2 amide bonds. The Morgan fingerprint density at radius 2 is 1.89 bits per heavy atom. The maximum absolute atomic E-state index is 12.0. The standard InChI is InChI=1S/C15H20N2O2/c1-10-4-6-12(7-5-10)11(2)16-13-8-9-14(18)17(3)15(13)19/h4-7,11,13,16H,8-9H2,1-3H3. The van der Waals surface area contributed by atoms with Crippen LogP contribution in [0.4, 0.5) is 0 Å². The van der Waals surface area contributed by atoms with E-state index in [1.807, 2.05) is 13.8 Å². The highest BCUT2D eigenvalue weighted by Crippen LogP contribution is 2.18. The molecule has 1 heterocycles. The number of likely N-dealkylation sites (tertiary alicyclic amines) is 1. The van der Waals surface area contributed by atoms with Gasteiger partial charge in [0.05, 0.1) is 6.04 Å². The normalized spacial score (nSPS) is 21.6. The van der Waals surface area contributed by atoms with E-state index in [0.29, 0.717) is 12.8 Å². The molecule has 0 saturated carbocycles. The summed E-state index contributed by atoms with van der Waals surface area (Å²) < 4.78 is 0. The van der Waals surface area contributed by atoms with E-state index in [0.717, 1.165) is 5.56 Å². The van der Waals surface area contributed by atoms with Crippen LogP contribution in [0, 0.1) is 6.92 Å². The molecule has 1 aromatic rings. The summed E-state index contributed by atoms with van der Waals surface area (Å²) in [5.41, 5.74) is 2.37. The number of rotatable bonds is 3. The fourth-order valence-electron chi connectivity index (χ4n) is 2.32. The fourth-order valence-corrected chi connectivity index (χ4v) is 2.32. The molecule has 2 unspecified atom stereocenters. The molecule has 1 saturated heterocycles. The summed E-state index contributed by atoms with van der Waals surface area (Å²) in [6.07, 6.45) is 1.01. The number of nitrogens with zero attached hydrogens (tertiary/aromatic N) is 1. The summed E-state index contributed by atoms with van der Waals surface area (Å²) in [5, 5.41) is 3.31. The Kier molecular flexibility index (Phi) is 4.00. The molecule has 0 bridgehead atoms. The van der Waals surface area contributed by atoms with Crippen LogP contribution in [-0.4, -0.2) is 29.8 Å². The smallest absolute Gasteiger partial charge is 0.246 e. The van der Waals surface area contributed by atoms with Crippen LogP contribution < -0.4 is 5.32 Å². The number of amides is 2. The molecule has 1 fully saturated rings. The lowest BCUT2D eigenvalue weighted by Gasteiger charge is -2.30. The second kappa shape index (κ2) is 5.53. The van der Waals surface area contributed by atoms with Crippen LogP contribution in [-0.2, 0) is 9.59 Å². The number of likely N-dealkylation sites (N-methyl/N-ethyl adjacent to an activating group) is 1. The van der Waals surface area contributed by atoms with E-state index < -0.39 is 0 Å². The molecule has 0 spiro atoms. The zero-order chi connectivity index (χ0) is 14.0. The number of hydrogen-bond acceptors (Lipinski definition) is 3. The molecule has 1 aliphatic heterocycles. The van der Waals surface area contributed by atoms with E-state index in [1.54, 1.807) is 7.05 Å². The van der Waals surface area contributed by atoms with Crippen molar-refractivity contribution < 1.29 is 9.59 Å². The van der Waals surface area contributed by atoms with Crippen molar-refractivity contribution in [3.63, 3.8) is 0 Å². The summed E-state index contributed by atoms with van der Waals surface area (Å²) in [6, 6.07) is 8.08. The third-order valence-corrected chi connectivity index (χ3v) is 3.68. The van der Waals surface area contributed by atoms with Gasteiger partial charge < -0.3 is 0 Å². The maximum atomic E-state index is 12.0. The van der Waals surface area contributed by atoms with E-state index in [2.05, 4.69) is 29.6 Å². The third-order valence-electron chi connectivity index (χ3n) is 3.68. The predicted octanol–water partition coefficient (Wildman–Crippen LogP) is 1.79. The van der Waals surface area contributed by atoms with Crippen molar-refractivity contribution in [2.45, 2.75) is 38.8 Å². The quantitative estimate of drug-likeness (QED) is 0.843. The fraction of sp³-hybridized carbons (Fsp3) is 0.467. The minimum atomic E-state index is -0.265. The Morgan fingerprint density at radius 1 is 1.26 bits per heavy atom. The predicted molar refractivity (Wildman–Crippen MR) is 73.5 cm³/mol. The highest BCUT2D eigenvalue weighted by molar-refractivity contribution is 6.00. The van der Waals surface area contributed by atoms with Gasteiger partial charge >= 0.3 is 0 Å². The zero-order valence-electron chi connectivity index (χ0n) is 11.6. The highest BCUT2D eigenvalue weighted by atomic mass is 16.2. The van der Waals surface area contributed by atoms with E-state index >= 15 is 0 Å². The van der Waals surface area contributed by atoms with Gasteiger partial charge in [0.2, 0.25) is 11.8 Å². The van der Waals surface area contributed by atoms with Gasteiger partial charge in [-0.25, -0.2) is 0 Å². The molecule has 0 radical (unpaired) electrons. The molecule has 4 heteroatoms. The number of piperidine rings is 1. The van der Waals surface area contributed by atoms with Crippen LogP contribution in [0.3, 0.4) is 0 Å². The van der Waals surface area contributed by atoms with Gasteiger partial charge in [0.1, 0.15) is 0 Å². The van der Waals surface area contributed by atoms with Crippen molar-refractivity contribution in [2.75, 3.05) is 7.05 Å². The molecule has 1 aliphatic rings. The Labute approximate surface area is 113 Å². The Morgan fingerprint density at radius 3 is 2.53 bits per heavy atom. The lowest BCUT2D eigenvalue weighted by atomic mass is 10.0. The average molecular weight is 260 g/mol. The number of aryl methyl sites for hydroxylation is 1. The lowest BCUT2D eigenvalue weighted by molar-refractivity contribution is -0.148. The number of hydrogen-bond donors (Lipinski definition) is 1. The number of carbonyl (C=O) groups is 2. The van der Waals surface area contributed by atoms with Crippen LogP contribution >= 0.6 is 0 Å². The van der Waals surface area contributed by atoms with E-state index in [9.17, 15) is 9.59 Å². The van der Waals surface area contributed by atoms with Crippen molar-refractivity contribution in [1.82, 2.24) is 10.2 Å². The molecule has 102 valence electrons. The van der Waals surface area contributed by atoms with Crippen molar-refractivity contribution in [2.24, 2.45) is 0 Å². The monoisotopic (exact) mass is 260 g/mol. The molecule has 1 N–H and O–H groups in total. The Hall–Kier alpha value is -1.68. The van der Waals surface area contributed by atoms with Crippen molar-refractivity contribution in [1.29, 1.82) is 0 Å². The van der Waals surface area contributed by atoms with Crippen LogP contribution in [0.5, 0.6) is 0 Å². The van der Waals surface area contributed by atoms with Crippen LogP contribution in [0.2, 0.25) is 0 Å². The first kappa shape index (κ1) is 13.7. The minimum Gasteiger partial charge on any atom is -0.299 e. The first-order valence-electron chi connectivity index (χ1n) is 6.62. The zero-order valence-corrected chi connectivity index (χ0v) is 11.6. The minimum absolute atomic E-state index is 0.0916. The van der Waals surface area contributed by atoms with Gasteiger partial charge in [-0.1, -0.05) is 29.8 Å². The molecular formula is C15H20N2O2. The highest BCUT2D eigenvalue weighted by Gasteiger charge is 2.32. The third kappa shape index (κ3) is 3.01. The molecule has 19 heavy (non-hydrogen) atoms. The number of carbonyl (C=O) groups excluding carboxylic acids is 2. The maximum Gasteiger partial charge on any atom is 0.246 e. The lowest BCUT2D eigenvalue weighted by Crippen LogP contribution is -2.51.